The number of alkyl halides is 1. The molecule has 1 saturated heterocycles. The monoisotopic (exact) mass is 407 g/mol. The Morgan fingerprint density at radius 2 is 2.03 bits per heavy atom. The van der Waals surface area contributed by atoms with Crippen molar-refractivity contribution in [1.29, 1.82) is 0 Å². The molecule has 8 nitrogen and oxygen atoms in total. The summed E-state index contributed by atoms with van der Waals surface area (Å²) < 4.78 is 18.1. The van der Waals surface area contributed by atoms with Gasteiger partial charge in [-0.1, -0.05) is 5.21 Å². The Bertz CT molecular complexity index is 1200. The van der Waals surface area contributed by atoms with Gasteiger partial charge < -0.3 is 15.0 Å². The molecule has 2 unspecified atom stereocenters. The maximum atomic E-state index is 14.7. The number of fused-ring (bicyclic) bond motifs is 1. The predicted octanol–water partition coefficient (Wildman–Crippen LogP) is 3.04. The van der Waals surface area contributed by atoms with Crippen LogP contribution in [0.2, 0.25) is 0 Å². The topological polar surface area (TPSA) is 93.7 Å². The number of phenolic OH excluding ortho intramolecular Hbond substituents is 1. The molecule has 3 aromatic heterocycles. The number of nitrogens with zero attached hydrogens (tertiary/aromatic N) is 6. The van der Waals surface area contributed by atoms with Gasteiger partial charge in [0.05, 0.1) is 29.8 Å². The lowest BCUT2D eigenvalue weighted by Crippen LogP contribution is -2.52. The first-order valence-electron chi connectivity index (χ1n) is 9.85. The Morgan fingerprint density at radius 1 is 1.17 bits per heavy atom. The molecular weight excluding hydrogens is 385 g/mol. The van der Waals surface area contributed by atoms with Crippen LogP contribution in [0, 0.1) is 0 Å². The second-order valence-electron chi connectivity index (χ2n) is 8.33. The van der Waals surface area contributed by atoms with Crippen LogP contribution in [0.1, 0.15) is 26.3 Å². The van der Waals surface area contributed by atoms with Gasteiger partial charge in [-0.05, 0) is 44.5 Å². The summed E-state index contributed by atoms with van der Waals surface area (Å²) >= 11 is 0. The Morgan fingerprint density at radius 3 is 2.80 bits per heavy atom. The smallest absolute Gasteiger partial charge is 0.162 e. The number of piperidine rings is 1. The number of hydrogen-bond acceptors (Lipinski definition) is 6. The van der Waals surface area contributed by atoms with Crippen molar-refractivity contribution in [3.8, 4) is 22.7 Å². The molecule has 0 spiro atoms. The number of aromatic hydroxyl groups is 1. The molecule has 1 aliphatic rings. The highest BCUT2D eigenvalue weighted by molar-refractivity contribution is 5.81. The van der Waals surface area contributed by atoms with Gasteiger partial charge in [0.1, 0.15) is 11.9 Å². The van der Waals surface area contributed by atoms with Crippen molar-refractivity contribution in [3.63, 3.8) is 0 Å². The van der Waals surface area contributed by atoms with Crippen LogP contribution in [0.5, 0.6) is 5.75 Å². The van der Waals surface area contributed by atoms with Crippen molar-refractivity contribution in [2.45, 2.75) is 38.0 Å². The van der Waals surface area contributed by atoms with E-state index in [-0.39, 0.29) is 17.3 Å². The fourth-order valence-corrected chi connectivity index (χ4v) is 4.08. The third-order valence-corrected chi connectivity index (χ3v) is 5.68. The molecule has 1 fully saturated rings. The number of aromatic nitrogens is 6. The van der Waals surface area contributed by atoms with Crippen molar-refractivity contribution in [1.82, 2.24) is 35.1 Å². The molecular formula is C21H22FN7O. The summed E-state index contributed by atoms with van der Waals surface area (Å²) in [4.78, 5) is 0. The standard InChI is InChI=1S/C21H22FN7O/c1-21(2)11-18(16(22)12-23-21)28-7-5-13-9-17(25-26-20(13)28)15-4-3-14(10-19(15)30)29-8-6-24-27-29/h3-10,16,18,23,30H,11-12H2,1-2H3. The number of hydrogen-bond donors (Lipinski definition) is 2. The van der Waals surface area contributed by atoms with Crippen LogP contribution in [0.25, 0.3) is 28.0 Å². The molecule has 30 heavy (non-hydrogen) atoms. The quantitative estimate of drug-likeness (QED) is 0.542. The first-order chi connectivity index (χ1) is 14.4. The van der Waals surface area contributed by atoms with Gasteiger partial charge in [-0.15, -0.1) is 15.3 Å². The normalized spacial score (nSPS) is 21.2. The minimum atomic E-state index is -0.997. The van der Waals surface area contributed by atoms with Gasteiger partial charge in [-0.25, -0.2) is 9.07 Å². The van der Waals surface area contributed by atoms with Gasteiger partial charge >= 0.3 is 0 Å². The molecule has 5 rings (SSSR count). The molecule has 0 aliphatic carbocycles. The summed E-state index contributed by atoms with van der Waals surface area (Å²) in [5.41, 5.74) is 2.30. The summed E-state index contributed by atoms with van der Waals surface area (Å²) in [6.45, 7) is 4.47. The summed E-state index contributed by atoms with van der Waals surface area (Å²) in [7, 11) is 0. The van der Waals surface area contributed by atoms with Crippen molar-refractivity contribution in [2.24, 2.45) is 0 Å². The van der Waals surface area contributed by atoms with Crippen LogP contribution in [-0.4, -0.2) is 53.1 Å². The maximum absolute atomic E-state index is 14.7. The maximum Gasteiger partial charge on any atom is 0.162 e. The molecule has 2 atom stereocenters. The largest absolute Gasteiger partial charge is 0.507 e. The Kier molecular flexibility index (Phi) is 4.28. The minimum absolute atomic E-state index is 0.0695. The van der Waals surface area contributed by atoms with E-state index in [4.69, 9.17) is 0 Å². The van der Waals surface area contributed by atoms with Crippen molar-refractivity contribution in [3.05, 3.63) is 48.9 Å². The summed E-state index contributed by atoms with van der Waals surface area (Å²) in [5.74, 6) is 0.0695. The lowest BCUT2D eigenvalue weighted by atomic mass is 9.88. The molecule has 154 valence electrons. The van der Waals surface area contributed by atoms with E-state index in [1.807, 2.05) is 29.0 Å². The van der Waals surface area contributed by atoms with Gasteiger partial charge in [0.15, 0.2) is 5.65 Å². The van der Waals surface area contributed by atoms with Crippen LogP contribution < -0.4 is 5.32 Å². The van der Waals surface area contributed by atoms with E-state index < -0.39 is 6.17 Å². The number of rotatable bonds is 3. The minimum Gasteiger partial charge on any atom is -0.507 e. The second kappa shape index (κ2) is 6.88. The molecule has 4 heterocycles. The van der Waals surface area contributed by atoms with Gasteiger partial charge in [0, 0.05) is 35.3 Å². The van der Waals surface area contributed by atoms with E-state index >= 15 is 0 Å². The fourth-order valence-electron chi connectivity index (χ4n) is 4.08. The average molecular weight is 407 g/mol. The zero-order valence-corrected chi connectivity index (χ0v) is 16.7. The van der Waals surface area contributed by atoms with E-state index in [1.54, 1.807) is 29.2 Å². The van der Waals surface area contributed by atoms with E-state index in [1.165, 1.54) is 0 Å². The van der Waals surface area contributed by atoms with Crippen LogP contribution in [0.3, 0.4) is 0 Å². The molecule has 0 saturated carbocycles. The molecule has 0 amide bonds. The van der Waals surface area contributed by atoms with Gasteiger partial charge in [-0.3, -0.25) is 0 Å². The van der Waals surface area contributed by atoms with Crippen molar-refractivity contribution in [2.75, 3.05) is 6.54 Å². The van der Waals surface area contributed by atoms with Crippen LogP contribution in [0.15, 0.2) is 48.9 Å². The molecule has 1 aliphatic heterocycles. The predicted molar refractivity (Wildman–Crippen MR) is 110 cm³/mol. The molecule has 9 heteroatoms. The van der Waals surface area contributed by atoms with E-state index in [9.17, 15) is 9.50 Å². The van der Waals surface area contributed by atoms with Crippen LogP contribution >= 0.6 is 0 Å². The van der Waals surface area contributed by atoms with Crippen molar-refractivity contribution < 1.29 is 9.50 Å². The Hall–Kier alpha value is -3.33. The van der Waals surface area contributed by atoms with Gasteiger partial charge in [-0.2, -0.15) is 0 Å². The lowest BCUT2D eigenvalue weighted by Gasteiger charge is -2.39. The Labute approximate surface area is 172 Å². The number of halogens is 1. The van der Waals surface area contributed by atoms with Gasteiger partial charge in [0.2, 0.25) is 0 Å². The van der Waals surface area contributed by atoms with Crippen LogP contribution in [0.4, 0.5) is 4.39 Å². The van der Waals surface area contributed by atoms with Crippen molar-refractivity contribution >= 4 is 11.0 Å². The lowest BCUT2D eigenvalue weighted by molar-refractivity contribution is 0.125. The highest BCUT2D eigenvalue weighted by Gasteiger charge is 2.36. The molecule has 1 aromatic carbocycles. The second-order valence-corrected chi connectivity index (χ2v) is 8.33. The third-order valence-electron chi connectivity index (χ3n) is 5.68. The molecule has 2 N–H and O–H groups in total. The fraction of sp³-hybridized carbons (Fsp3) is 0.333. The highest BCUT2D eigenvalue weighted by Crippen LogP contribution is 2.34. The molecule has 0 radical (unpaired) electrons. The van der Waals surface area contributed by atoms with Crippen LogP contribution in [-0.2, 0) is 0 Å². The van der Waals surface area contributed by atoms with E-state index in [2.05, 4.69) is 39.7 Å². The number of nitrogens with one attached hydrogen (secondary N) is 1. The first kappa shape index (κ1) is 18.7. The van der Waals surface area contributed by atoms with E-state index in [0.717, 1.165) is 5.39 Å². The highest BCUT2D eigenvalue weighted by atomic mass is 19.1. The Balaban J connectivity index is 1.50. The van der Waals surface area contributed by atoms with E-state index in [0.29, 0.717) is 35.6 Å². The summed E-state index contributed by atoms with van der Waals surface area (Å²) in [6, 6.07) is 8.68. The molecule has 0 bridgehead atoms. The summed E-state index contributed by atoms with van der Waals surface area (Å²) in [5, 5.41) is 31.0. The third kappa shape index (κ3) is 3.21. The summed E-state index contributed by atoms with van der Waals surface area (Å²) in [6.07, 6.45) is 4.80. The zero-order valence-electron chi connectivity index (χ0n) is 16.7. The van der Waals surface area contributed by atoms with Gasteiger partial charge in [0.25, 0.3) is 0 Å². The average Bonchev–Trinajstić information content (AvgIpc) is 3.39. The molecule has 4 aromatic rings. The number of benzene rings is 1. The zero-order chi connectivity index (χ0) is 20.9. The first-order valence-corrected chi connectivity index (χ1v) is 9.85. The number of phenols is 1. The SMILES string of the molecule is CC1(C)CC(n2ccc3cc(-c4ccc(-n5ccnn5)cc4O)nnc32)C(F)CN1.